The summed E-state index contributed by atoms with van der Waals surface area (Å²) in [5.74, 6) is 0.519. The largest absolute Gasteiger partial charge is 0.381 e. The lowest BCUT2D eigenvalue weighted by Crippen LogP contribution is -2.41. The van der Waals surface area contributed by atoms with Crippen LogP contribution in [0.3, 0.4) is 0 Å². The molecule has 6 heteroatoms. The quantitative estimate of drug-likeness (QED) is 0.326. The van der Waals surface area contributed by atoms with Gasteiger partial charge >= 0.3 is 0 Å². The molecule has 0 saturated heterocycles. The van der Waals surface area contributed by atoms with E-state index in [-0.39, 0.29) is 12.5 Å². The summed E-state index contributed by atoms with van der Waals surface area (Å²) in [5.41, 5.74) is 2.02. The van der Waals surface area contributed by atoms with Crippen LogP contribution >= 0.6 is 0 Å². The highest BCUT2D eigenvalue weighted by Crippen LogP contribution is 2.10. The number of carbonyl (C=O) groups is 1. The smallest absolute Gasteiger partial charge is 0.243 e. The highest BCUT2D eigenvalue weighted by Gasteiger charge is 2.04. The van der Waals surface area contributed by atoms with Crippen LogP contribution in [0.4, 0.5) is 5.69 Å². The van der Waals surface area contributed by atoms with Crippen LogP contribution in [0.15, 0.2) is 29.3 Å². The van der Waals surface area contributed by atoms with Crippen molar-refractivity contribution in [2.45, 2.75) is 39.5 Å². The number of benzene rings is 1. The van der Waals surface area contributed by atoms with Gasteiger partial charge in [0.1, 0.15) is 0 Å². The van der Waals surface area contributed by atoms with Crippen LogP contribution < -0.4 is 16.0 Å². The third kappa shape index (κ3) is 9.72. The van der Waals surface area contributed by atoms with Gasteiger partial charge in [0.05, 0.1) is 6.54 Å². The molecule has 0 unspecified atom stereocenters. The molecule has 3 N–H and O–H groups in total. The van der Waals surface area contributed by atoms with E-state index in [9.17, 15) is 4.79 Å². The second-order valence-electron chi connectivity index (χ2n) is 5.77. The Balaban J connectivity index is 2.21. The third-order valence-electron chi connectivity index (χ3n) is 3.66. The number of amides is 1. The molecule has 0 aliphatic carbocycles. The molecule has 0 aliphatic rings. The molecule has 0 heterocycles. The van der Waals surface area contributed by atoms with Crippen molar-refractivity contribution in [1.82, 2.24) is 10.6 Å². The third-order valence-corrected chi connectivity index (χ3v) is 3.66. The molecular weight excluding hydrogens is 316 g/mol. The first-order chi connectivity index (χ1) is 12.2. The summed E-state index contributed by atoms with van der Waals surface area (Å²) in [4.78, 5) is 16.1. The second-order valence-corrected chi connectivity index (χ2v) is 5.77. The SMILES string of the molecule is CCCCOCCCNC(=NC)NCC(=O)Nc1cccc(CC)c1. The molecule has 0 fully saturated rings. The average Bonchev–Trinajstić information content (AvgIpc) is 2.63. The maximum atomic E-state index is 12.0. The molecule has 0 aromatic heterocycles. The van der Waals surface area contributed by atoms with Crippen molar-refractivity contribution in [2.24, 2.45) is 4.99 Å². The first-order valence-corrected chi connectivity index (χ1v) is 9.10. The van der Waals surface area contributed by atoms with Gasteiger partial charge in [0.25, 0.3) is 0 Å². The van der Waals surface area contributed by atoms with E-state index in [0.717, 1.165) is 51.1 Å². The number of ether oxygens (including phenoxy) is 1. The summed E-state index contributed by atoms with van der Waals surface area (Å²) in [6.07, 6.45) is 4.10. The summed E-state index contributed by atoms with van der Waals surface area (Å²) in [6.45, 7) is 6.72. The molecule has 0 radical (unpaired) electrons. The first kappa shape index (κ1) is 21.0. The highest BCUT2D eigenvalue weighted by atomic mass is 16.5. The molecular formula is C19H32N4O2. The molecule has 1 aromatic carbocycles. The molecule has 6 nitrogen and oxygen atoms in total. The molecule has 25 heavy (non-hydrogen) atoms. The van der Waals surface area contributed by atoms with E-state index < -0.39 is 0 Å². The van der Waals surface area contributed by atoms with Crippen molar-refractivity contribution in [2.75, 3.05) is 38.7 Å². The van der Waals surface area contributed by atoms with E-state index in [4.69, 9.17) is 4.74 Å². The Hall–Kier alpha value is -2.08. The Morgan fingerprint density at radius 3 is 2.68 bits per heavy atom. The minimum atomic E-state index is -0.0981. The van der Waals surface area contributed by atoms with Crippen LogP contribution in [0.2, 0.25) is 0 Å². The van der Waals surface area contributed by atoms with Crippen molar-refractivity contribution in [1.29, 1.82) is 0 Å². The molecule has 1 aromatic rings. The Kier molecular flexibility index (Phi) is 11.1. The van der Waals surface area contributed by atoms with Gasteiger partial charge in [-0.1, -0.05) is 32.4 Å². The number of nitrogens with zero attached hydrogens (tertiary/aromatic N) is 1. The first-order valence-electron chi connectivity index (χ1n) is 9.10. The molecule has 0 bridgehead atoms. The van der Waals surface area contributed by atoms with Crippen LogP contribution in [-0.2, 0) is 16.0 Å². The summed E-state index contributed by atoms with van der Waals surface area (Å²) < 4.78 is 5.51. The zero-order chi connectivity index (χ0) is 18.3. The predicted octanol–water partition coefficient (Wildman–Crippen LogP) is 2.56. The standard InChI is InChI=1S/C19H32N4O2/c1-4-6-12-25-13-8-11-21-19(20-3)22-15-18(24)23-17-10-7-9-16(5-2)14-17/h7,9-10,14H,4-6,8,11-13,15H2,1-3H3,(H,23,24)(H2,20,21,22). The Morgan fingerprint density at radius 1 is 1.16 bits per heavy atom. The van der Waals surface area contributed by atoms with Crippen molar-refractivity contribution in [3.05, 3.63) is 29.8 Å². The molecule has 0 saturated carbocycles. The summed E-state index contributed by atoms with van der Waals surface area (Å²) in [7, 11) is 1.69. The van der Waals surface area contributed by atoms with Crippen LogP contribution in [0, 0.1) is 0 Å². The van der Waals surface area contributed by atoms with E-state index in [1.165, 1.54) is 5.56 Å². The highest BCUT2D eigenvalue weighted by molar-refractivity contribution is 5.95. The van der Waals surface area contributed by atoms with Gasteiger partial charge in [-0.25, -0.2) is 0 Å². The zero-order valence-electron chi connectivity index (χ0n) is 15.7. The number of guanidine groups is 1. The maximum absolute atomic E-state index is 12.0. The van der Waals surface area contributed by atoms with E-state index in [0.29, 0.717) is 5.96 Å². The van der Waals surface area contributed by atoms with Gasteiger partial charge in [0.2, 0.25) is 5.91 Å². The number of hydrogen-bond donors (Lipinski definition) is 3. The van der Waals surface area contributed by atoms with Crippen molar-refractivity contribution in [3.63, 3.8) is 0 Å². The topological polar surface area (TPSA) is 74.8 Å². The summed E-state index contributed by atoms with van der Waals surface area (Å²) >= 11 is 0. The number of nitrogens with one attached hydrogen (secondary N) is 3. The number of hydrogen-bond acceptors (Lipinski definition) is 3. The van der Waals surface area contributed by atoms with Crippen molar-refractivity contribution in [3.8, 4) is 0 Å². The minimum Gasteiger partial charge on any atom is -0.381 e. The van der Waals surface area contributed by atoms with Gasteiger partial charge < -0.3 is 20.7 Å². The Bertz CT molecular complexity index is 532. The van der Waals surface area contributed by atoms with Crippen LogP contribution in [0.5, 0.6) is 0 Å². The lowest BCUT2D eigenvalue weighted by molar-refractivity contribution is -0.115. The fourth-order valence-corrected chi connectivity index (χ4v) is 2.19. The van der Waals surface area contributed by atoms with E-state index in [2.05, 4.69) is 34.8 Å². The number of unbranched alkanes of at least 4 members (excludes halogenated alkanes) is 1. The van der Waals surface area contributed by atoms with Gasteiger partial charge in [-0.15, -0.1) is 0 Å². The maximum Gasteiger partial charge on any atom is 0.243 e. The number of rotatable bonds is 11. The van der Waals surface area contributed by atoms with E-state index >= 15 is 0 Å². The second kappa shape index (κ2) is 13.2. The number of anilines is 1. The molecule has 1 amide bonds. The Labute approximate surface area is 151 Å². The summed E-state index contributed by atoms with van der Waals surface area (Å²) in [5, 5.41) is 9.08. The Morgan fingerprint density at radius 2 is 1.96 bits per heavy atom. The molecule has 140 valence electrons. The van der Waals surface area contributed by atoms with Crippen LogP contribution in [0.25, 0.3) is 0 Å². The van der Waals surface area contributed by atoms with Crippen molar-refractivity contribution < 1.29 is 9.53 Å². The summed E-state index contributed by atoms with van der Waals surface area (Å²) in [6, 6.07) is 7.88. The van der Waals surface area contributed by atoms with Gasteiger partial charge in [0, 0.05) is 32.5 Å². The molecule has 0 atom stereocenters. The molecule has 0 spiro atoms. The van der Waals surface area contributed by atoms with Crippen LogP contribution in [0.1, 0.15) is 38.7 Å². The normalized spacial score (nSPS) is 11.2. The molecule has 0 aliphatic heterocycles. The average molecular weight is 348 g/mol. The minimum absolute atomic E-state index is 0.0981. The zero-order valence-corrected chi connectivity index (χ0v) is 15.7. The fourth-order valence-electron chi connectivity index (χ4n) is 2.19. The van der Waals surface area contributed by atoms with E-state index in [1.807, 2.05) is 24.3 Å². The monoisotopic (exact) mass is 348 g/mol. The van der Waals surface area contributed by atoms with Crippen molar-refractivity contribution >= 4 is 17.6 Å². The van der Waals surface area contributed by atoms with Crippen LogP contribution in [-0.4, -0.2) is 45.2 Å². The number of carbonyl (C=O) groups excluding carboxylic acids is 1. The van der Waals surface area contributed by atoms with Gasteiger partial charge in [-0.2, -0.15) is 0 Å². The molecule has 1 rings (SSSR count). The fraction of sp³-hybridized carbons (Fsp3) is 0.579. The lowest BCUT2D eigenvalue weighted by Gasteiger charge is -2.12. The van der Waals surface area contributed by atoms with Gasteiger partial charge in [0.15, 0.2) is 5.96 Å². The van der Waals surface area contributed by atoms with Gasteiger partial charge in [-0.3, -0.25) is 9.79 Å². The number of aliphatic imine (C=N–C) groups is 1. The lowest BCUT2D eigenvalue weighted by atomic mass is 10.1. The van der Waals surface area contributed by atoms with Gasteiger partial charge in [-0.05, 0) is 37.0 Å². The predicted molar refractivity (Wildman–Crippen MR) is 104 cm³/mol. The van der Waals surface area contributed by atoms with E-state index in [1.54, 1.807) is 7.05 Å². The number of aryl methyl sites for hydroxylation is 1.